The number of ether oxygens (including phenoxy) is 4. The summed E-state index contributed by atoms with van der Waals surface area (Å²) in [5.41, 5.74) is 5.25. The molecule has 1 radical (unpaired) electrons. The van der Waals surface area contributed by atoms with E-state index < -0.39 is 24.3 Å². The first-order valence-electron chi connectivity index (χ1n) is 14.8. The number of phenolic OH excluding ortho intramolecular Hbond substituents is 2. The predicted octanol–water partition coefficient (Wildman–Crippen LogP) is 3.91. The molecule has 3 aromatic rings. The van der Waals surface area contributed by atoms with Crippen LogP contribution in [0.15, 0.2) is 42.5 Å². The Morgan fingerprint density at radius 1 is 1.04 bits per heavy atom. The number of aliphatic hydroxyl groups excluding tert-OH is 1. The molecule has 2 bridgehead atoms. The summed E-state index contributed by atoms with van der Waals surface area (Å²) in [5.74, 6) is 1.00. The van der Waals surface area contributed by atoms with E-state index in [1.54, 1.807) is 13.0 Å². The van der Waals surface area contributed by atoms with Crippen molar-refractivity contribution in [2.45, 2.75) is 57.1 Å². The smallest absolute Gasteiger partial charge is 0.330 e. The van der Waals surface area contributed by atoms with E-state index in [0.717, 1.165) is 22.3 Å². The first-order valence-corrected chi connectivity index (χ1v) is 14.8. The number of fused-ring (bicyclic) bond motifs is 9. The molecular formula is C34H36AcN2O8. The van der Waals surface area contributed by atoms with Gasteiger partial charge in [0, 0.05) is 78.4 Å². The summed E-state index contributed by atoms with van der Waals surface area (Å²) in [6, 6.07) is 9.77. The molecule has 1 unspecified atom stereocenters. The van der Waals surface area contributed by atoms with Crippen LogP contribution in [0.5, 0.6) is 28.7 Å². The van der Waals surface area contributed by atoms with Crippen LogP contribution < -0.4 is 14.2 Å². The van der Waals surface area contributed by atoms with Gasteiger partial charge in [-0.25, -0.2) is 4.79 Å². The zero-order chi connectivity index (χ0) is 30.9. The molecule has 0 spiro atoms. The molecule has 5 atom stereocenters. The van der Waals surface area contributed by atoms with E-state index in [9.17, 15) is 20.1 Å². The minimum absolute atomic E-state index is 0. The van der Waals surface area contributed by atoms with Gasteiger partial charge in [0.15, 0.2) is 23.0 Å². The zero-order valence-electron chi connectivity index (χ0n) is 25.7. The van der Waals surface area contributed by atoms with Crippen molar-refractivity contribution < 1.29 is 83.1 Å². The normalized spacial score (nSPS) is 24.8. The number of carbonyl (C=O) groups excluding carboxylic acids is 1. The van der Waals surface area contributed by atoms with E-state index in [4.69, 9.17) is 18.9 Å². The number of methoxy groups -OCH3 is 1. The second-order valence-corrected chi connectivity index (χ2v) is 12.0. The van der Waals surface area contributed by atoms with Crippen LogP contribution in [-0.2, 0) is 22.4 Å². The summed E-state index contributed by atoms with van der Waals surface area (Å²) in [4.78, 5) is 17.1. The van der Waals surface area contributed by atoms with Gasteiger partial charge in [-0.2, -0.15) is 0 Å². The quantitative estimate of drug-likeness (QED) is 0.258. The Balaban J connectivity index is 0.00000357. The molecule has 4 aliphatic heterocycles. The number of hydrogen-bond acceptors (Lipinski definition) is 10. The van der Waals surface area contributed by atoms with Crippen molar-refractivity contribution in [1.82, 2.24) is 9.80 Å². The first-order chi connectivity index (χ1) is 21.2. The number of esters is 1. The number of aryl methyl sites for hydroxylation is 1. The fraction of sp³-hybridized carbons (Fsp3) is 0.382. The second-order valence-electron chi connectivity index (χ2n) is 12.0. The monoisotopic (exact) mass is 827 g/mol. The summed E-state index contributed by atoms with van der Waals surface area (Å²) in [6.45, 7) is 3.58. The van der Waals surface area contributed by atoms with Gasteiger partial charge in [-0.1, -0.05) is 36.4 Å². The molecule has 10 nitrogen and oxygen atoms in total. The van der Waals surface area contributed by atoms with Crippen molar-refractivity contribution >= 4 is 12.0 Å². The number of likely N-dealkylation sites (N-methyl/N-ethyl adjacent to an activating group) is 1. The van der Waals surface area contributed by atoms with Gasteiger partial charge >= 0.3 is 5.97 Å². The van der Waals surface area contributed by atoms with Gasteiger partial charge in [0.1, 0.15) is 18.6 Å². The molecule has 1 saturated heterocycles. The van der Waals surface area contributed by atoms with Crippen molar-refractivity contribution in [3.63, 3.8) is 0 Å². The third-order valence-electron chi connectivity index (χ3n) is 9.72. The molecule has 1 fully saturated rings. The Morgan fingerprint density at radius 2 is 1.78 bits per heavy atom. The third kappa shape index (κ3) is 5.12. The largest absolute Gasteiger partial charge is 0.507 e. The molecule has 0 aromatic heterocycles. The number of benzene rings is 3. The van der Waals surface area contributed by atoms with Crippen molar-refractivity contribution in [3.05, 3.63) is 81.4 Å². The van der Waals surface area contributed by atoms with Gasteiger partial charge in [-0.15, -0.1) is 0 Å². The number of aromatic hydroxyl groups is 2. The Morgan fingerprint density at radius 3 is 2.51 bits per heavy atom. The molecule has 0 amide bonds. The molecule has 7 rings (SSSR count). The van der Waals surface area contributed by atoms with E-state index >= 15 is 0 Å². The zero-order valence-corrected chi connectivity index (χ0v) is 30.4. The van der Waals surface area contributed by atoms with E-state index in [-0.39, 0.29) is 81.0 Å². The van der Waals surface area contributed by atoms with Crippen LogP contribution in [0.3, 0.4) is 0 Å². The van der Waals surface area contributed by atoms with Crippen molar-refractivity contribution in [2.24, 2.45) is 0 Å². The van der Waals surface area contributed by atoms with Crippen LogP contribution in [0, 0.1) is 57.9 Å². The average molecular weight is 828 g/mol. The Kier molecular flexibility index (Phi) is 8.87. The van der Waals surface area contributed by atoms with E-state index in [2.05, 4.69) is 4.90 Å². The second kappa shape index (κ2) is 12.4. The van der Waals surface area contributed by atoms with Gasteiger partial charge in [-0.3, -0.25) is 9.80 Å². The number of piperazine rings is 1. The Bertz CT molecular complexity index is 1680. The Hall–Kier alpha value is -2.81. The first kappa shape index (κ1) is 32.1. The number of nitrogens with zero attached hydrogens (tertiary/aromatic N) is 2. The summed E-state index contributed by atoms with van der Waals surface area (Å²) in [7, 11) is 3.49. The number of aliphatic hydroxyl groups is 1. The number of rotatable bonds is 5. The van der Waals surface area contributed by atoms with Gasteiger partial charge in [0.2, 0.25) is 6.79 Å². The SMILES string of the molecule is COc1c(C)cc2c(c1O)[C@@H]1C3Cc4c(O)c(C)c5c(c4[C@H](COC(=O)/C=C/c4ccccc4)N3[C@@H](O)[C@H](C2)N1C)OCO5.[Ac]. The minimum Gasteiger partial charge on any atom is -0.507 e. The van der Waals surface area contributed by atoms with Crippen LogP contribution in [0.25, 0.3) is 6.08 Å². The number of hydrogen-bond donors (Lipinski definition) is 3. The third-order valence-corrected chi connectivity index (χ3v) is 9.72. The molecular weight excluding hydrogens is 791 g/mol. The maximum absolute atomic E-state index is 13.0. The fourth-order valence-corrected chi connectivity index (χ4v) is 7.75. The van der Waals surface area contributed by atoms with Gasteiger partial charge in [0.05, 0.1) is 25.2 Å². The van der Waals surface area contributed by atoms with Gasteiger partial charge in [-0.05, 0) is 56.5 Å². The average Bonchev–Trinajstić information content (AvgIpc) is 3.51. The number of carbonyl (C=O) groups is 1. The maximum Gasteiger partial charge on any atom is 0.330 e. The summed E-state index contributed by atoms with van der Waals surface area (Å²) in [5, 5.41) is 35.1. The van der Waals surface area contributed by atoms with Crippen molar-refractivity contribution in [2.75, 3.05) is 27.6 Å². The van der Waals surface area contributed by atoms with Crippen LogP contribution >= 0.6 is 0 Å². The maximum atomic E-state index is 13.0. The molecule has 0 saturated carbocycles. The molecule has 11 heteroatoms. The molecule has 3 aromatic carbocycles. The molecule has 233 valence electrons. The fourth-order valence-electron chi connectivity index (χ4n) is 7.75. The molecule has 45 heavy (non-hydrogen) atoms. The molecule has 4 aliphatic rings. The summed E-state index contributed by atoms with van der Waals surface area (Å²) >= 11 is 0. The van der Waals surface area contributed by atoms with E-state index in [0.29, 0.717) is 46.8 Å². The topological polar surface area (TPSA) is 121 Å². The van der Waals surface area contributed by atoms with E-state index in [1.165, 1.54) is 13.2 Å². The van der Waals surface area contributed by atoms with Crippen LogP contribution in [0.4, 0.5) is 0 Å². The Labute approximate surface area is 297 Å². The predicted molar refractivity (Wildman–Crippen MR) is 161 cm³/mol. The molecule has 3 N–H and O–H groups in total. The van der Waals surface area contributed by atoms with Crippen LogP contribution in [-0.4, -0.2) is 77.0 Å². The standard InChI is InChI=1S/C34H36N2O8.Ac/c1-17-12-20-13-23-34(40)36-22(28(35(23)3)26(20)30(39)31(17)41-4)14-21-27(33-32(43-16-44-33)18(2)29(21)38)24(36)15-42-25(37)11-10-19-8-6-5-7-9-19;/h5-12,22-24,28,34,38-40H,13-16H2,1-4H3;/b11-10+;/t22?,23-,24-,28-,34-;/m0./s1. The number of phenols is 2. The minimum atomic E-state index is -0.947. The molecule has 0 aliphatic carbocycles. The van der Waals surface area contributed by atoms with Crippen molar-refractivity contribution in [3.8, 4) is 28.7 Å². The van der Waals surface area contributed by atoms with E-state index in [1.807, 2.05) is 55.3 Å². The molecule has 4 heterocycles. The summed E-state index contributed by atoms with van der Waals surface area (Å²) in [6.07, 6.45) is 2.97. The van der Waals surface area contributed by atoms with Crippen LogP contribution in [0.1, 0.15) is 51.0 Å². The van der Waals surface area contributed by atoms with Crippen molar-refractivity contribution in [1.29, 1.82) is 0 Å². The summed E-state index contributed by atoms with van der Waals surface area (Å²) < 4.78 is 23.1. The van der Waals surface area contributed by atoms with Crippen LogP contribution in [0.2, 0.25) is 0 Å². The van der Waals surface area contributed by atoms with Gasteiger partial charge < -0.3 is 34.3 Å². The van der Waals surface area contributed by atoms with Gasteiger partial charge in [0.25, 0.3) is 0 Å².